The summed E-state index contributed by atoms with van der Waals surface area (Å²) in [4.78, 5) is 42.6. The summed E-state index contributed by atoms with van der Waals surface area (Å²) in [6.45, 7) is 3.57. The van der Waals surface area contributed by atoms with Crippen molar-refractivity contribution in [3.63, 3.8) is 0 Å². The van der Waals surface area contributed by atoms with E-state index in [-0.39, 0.29) is 19.4 Å². The highest BCUT2D eigenvalue weighted by Gasteiger charge is 2.22. The van der Waals surface area contributed by atoms with Crippen molar-refractivity contribution in [2.45, 2.75) is 168 Å². The molecule has 0 unspecified atom stereocenters. The molecule has 0 aliphatic heterocycles. The Bertz CT molecular complexity index is 979. The average Bonchev–Trinajstić information content (AvgIpc) is 3.07. The summed E-state index contributed by atoms with van der Waals surface area (Å²) in [7, 11) is -4.77. The van der Waals surface area contributed by atoms with Crippen molar-refractivity contribution in [3.05, 3.63) is 60.8 Å². The lowest BCUT2D eigenvalue weighted by molar-refractivity contribution is -0.161. The van der Waals surface area contributed by atoms with Gasteiger partial charge in [-0.1, -0.05) is 158 Å². The maximum absolute atomic E-state index is 12.3. The third-order valence-electron chi connectivity index (χ3n) is 7.80. The molecule has 0 spiro atoms. The first-order valence-corrected chi connectivity index (χ1v) is 20.6. The van der Waals surface area contributed by atoms with Crippen LogP contribution in [0.2, 0.25) is 0 Å². The van der Waals surface area contributed by atoms with Gasteiger partial charge >= 0.3 is 19.8 Å². The molecule has 0 aromatic heterocycles. The van der Waals surface area contributed by atoms with Crippen LogP contribution in [0.25, 0.3) is 0 Å². The Kier molecular flexibility index (Phi) is 33.9. The molecule has 0 saturated heterocycles. The highest BCUT2D eigenvalue weighted by molar-refractivity contribution is 7.46. The number of carbonyl (C=O) groups is 2. The quantitative estimate of drug-likeness (QED) is 0.0293. The van der Waals surface area contributed by atoms with Crippen molar-refractivity contribution in [1.82, 2.24) is 0 Å². The molecule has 0 aliphatic rings. The Morgan fingerprint density at radius 2 is 0.959 bits per heavy atom. The van der Waals surface area contributed by atoms with Gasteiger partial charge in [0, 0.05) is 12.8 Å². The van der Waals surface area contributed by atoms with E-state index >= 15 is 0 Å². The predicted octanol–water partition coefficient (Wildman–Crippen LogP) is 11.3. The molecule has 282 valence electrons. The zero-order valence-electron chi connectivity index (χ0n) is 30.8. The Labute approximate surface area is 298 Å². The Morgan fingerprint density at radius 1 is 0.531 bits per heavy atom. The molecular weight excluding hydrogens is 639 g/mol. The van der Waals surface area contributed by atoms with Crippen LogP contribution < -0.4 is 0 Å². The average molecular weight is 709 g/mol. The molecule has 9 heteroatoms. The highest BCUT2D eigenvalue weighted by atomic mass is 31.2. The van der Waals surface area contributed by atoms with E-state index in [1.165, 1.54) is 83.5 Å². The molecule has 0 aromatic rings. The minimum atomic E-state index is -4.77. The fourth-order valence-electron chi connectivity index (χ4n) is 4.94. The molecule has 0 rings (SSSR count). The number of unbranched alkanes of at least 4 members (excludes halogenated alkanes) is 14. The van der Waals surface area contributed by atoms with Crippen LogP contribution in [0.15, 0.2) is 60.8 Å². The van der Waals surface area contributed by atoms with E-state index in [4.69, 9.17) is 19.3 Å². The van der Waals surface area contributed by atoms with Gasteiger partial charge in [0.2, 0.25) is 0 Å². The number of phosphoric acid groups is 1. The second kappa shape index (κ2) is 35.6. The maximum atomic E-state index is 12.3. The number of allylic oxidation sites excluding steroid dienone is 10. The Hall–Kier alpha value is -2.25. The van der Waals surface area contributed by atoms with Gasteiger partial charge in [-0.15, -0.1) is 0 Å². The van der Waals surface area contributed by atoms with Gasteiger partial charge < -0.3 is 19.3 Å². The van der Waals surface area contributed by atoms with Gasteiger partial charge in [-0.3, -0.25) is 14.1 Å². The Balaban J connectivity index is 4.11. The van der Waals surface area contributed by atoms with E-state index in [0.29, 0.717) is 12.8 Å². The van der Waals surface area contributed by atoms with E-state index < -0.39 is 32.5 Å². The molecule has 0 aliphatic carbocycles. The lowest BCUT2D eigenvalue weighted by Crippen LogP contribution is -2.29. The third kappa shape index (κ3) is 38.4. The van der Waals surface area contributed by atoms with Crippen LogP contribution in [0.3, 0.4) is 0 Å². The molecule has 0 radical (unpaired) electrons. The van der Waals surface area contributed by atoms with Crippen molar-refractivity contribution >= 4 is 19.8 Å². The summed E-state index contributed by atoms with van der Waals surface area (Å²) in [6, 6.07) is 0. The summed E-state index contributed by atoms with van der Waals surface area (Å²) < 4.78 is 26.2. The van der Waals surface area contributed by atoms with Crippen LogP contribution in [0.4, 0.5) is 0 Å². The SMILES string of the molecule is CCCCC/C=C\C/C=C\C/C=C\C/C=C\C/C=C\CCC(=O)O[C@H](COC(=O)CCCCCCCCCCCCCC)COP(=O)(O)O. The van der Waals surface area contributed by atoms with Crippen molar-refractivity contribution in [2.75, 3.05) is 13.2 Å². The smallest absolute Gasteiger partial charge is 0.462 e. The van der Waals surface area contributed by atoms with Gasteiger partial charge in [0.25, 0.3) is 0 Å². The van der Waals surface area contributed by atoms with Crippen molar-refractivity contribution in [3.8, 4) is 0 Å². The van der Waals surface area contributed by atoms with Gasteiger partial charge in [-0.2, -0.15) is 0 Å². The van der Waals surface area contributed by atoms with E-state index in [9.17, 15) is 14.2 Å². The van der Waals surface area contributed by atoms with Gasteiger partial charge in [-0.25, -0.2) is 4.57 Å². The van der Waals surface area contributed by atoms with E-state index in [1.54, 1.807) is 0 Å². The molecule has 49 heavy (non-hydrogen) atoms. The lowest BCUT2D eigenvalue weighted by Gasteiger charge is -2.18. The molecule has 2 N–H and O–H groups in total. The van der Waals surface area contributed by atoms with Crippen LogP contribution in [-0.4, -0.2) is 41.0 Å². The number of carbonyl (C=O) groups excluding carboxylic acids is 2. The first-order chi connectivity index (χ1) is 23.8. The van der Waals surface area contributed by atoms with Gasteiger partial charge in [0.05, 0.1) is 6.61 Å². The molecule has 1 atom stereocenters. The zero-order valence-corrected chi connectivity index (χ0v) is 31.7. The number of hydrogen-bond donors (Lipinski definition) is 2. The van der Waals surface area contributed by atoms with Crippen LogP contribution in [0.1, 0.15) is 162 Å². The van der Waals surface area contributed by atoms with E-state index in [1.807, 2.05) is 12.2 Å². The second-order valence-corrected chi connectivity index (χ2v) is 13.8. The highest BCUT2D eigenvalue weighted by Crippen LogP contribution is 2.35. The monoisotopic (exact) mass is 708 g/mol. The zero-order chi connectivity index (χ0) is 36.1. The predicted molar refractivity (Wildman–Crippen MR) is 202 cm³/mol. The lowest BCUT2D eigenvalue weighted by atomic mass is 10.0. The van der Waals surface area contributed by atoms with Gasteiger partial charge in [0.1, 0.15) is 6.61 Å². The molecule has 0 amide bonds. The molecule has 0 saturated carbocycles. The Morgan fingerprint density at radius 3 is 1.45 bits per heavy atom. The molecule has 0 bridgehead atoms. The first kappa shape index (κ1) is 46.8. The van der Waals surface area contributed by atoms with Gasteiger partial charge in [0.15, 0.2) is 6.10 Å². The summed E-state index contributed by atoms with van der Waals surface area (Å²) >= 11 is 0. The standard InChI is InChI=1S/C40H69O8P/c1-3-5-7-9-11-13-15-17-18-19-20-21-22-23-25-27-29-31-33-35-40(42)48-38(37-47-49(43,44)45)36-46-39(41)34-32-30-28-26-24-16-14-12-10-8-6-4-2/h11,13,17-18,20-21,23,25,29,31,38H,3-10,12,14-16,19,22,24,26-28,30,32-37H2,1-2H3,(H2,43,44,45)/b13-11-,18-17-,21-20-,25-23-,31-29-/t38-/m1/s1. The fraction of sp³-hybridized carbons (Fsp3) is 0.700. The maximum Gasteiger partial charge on any atom is 0.469 e. The van der Waals surface area contributed by atoms with Crippen LogP contribution >= 0.6 is 7.82 Å². The minimum Gasteiger partial charge on any atom is -0.462 e. The van der Waals surface area contributed by atoms with E-state index in [2.05, 4.69) is 67.0 Å². The largest absolute Gasteiger partial charge is 0.469 e. The fourth-order valence-corrected chi connectivity index (χ4v) is 5.30. The normalized spacial score (nSPS) is 13.1. The first-order valence-electron chi connectivity index (χ1n) is 19.1. The minimum absolute atomic E-state index is 0.0876. The topological polar surface area (TPSA) is 119 Å². The van der Waals surface area contributed by atoms with Crippen LogP contribution in [0.5, 0.6) is 0 Å². The van der Waals surface area contributed by atoms with Crippen molar-refractivity contribution in [1.29, 1.82) is 0 Å². The summed E-state index contributed by atoms with van der Waals surface area (Å²) in [5.41, 5.74) is 0. The molecule has 0 fully saturated rings. The number of hydrogen-bond acceptors (Lipinski definition) is 6. The van der Waals surface area contributed by atoms with Gasteiger partial charge in [-0.05, 0) is 51.4 Å². The number of rotatable bonds is 34. The van der Waals surface area contributed by atoms with Crippen LogP contribution in [0, 0.1) is 0 Å². The number of ether oxygens (including phenoxy) is 2. The molecule has 0 heterocycles. The van der Waals surface area contributed by atoms with Crippen molar-refractivity contribution < 1.29 is 37.9 Å². The second-order valence-electron chi connectivity index (χ2n) is 12.6. The summed E-state index contributed by atoms with van der Waals surface area (Å²) in [5.74, 6) is -0.984. The third-order valence-corrected chi connectivity index (χ3v) is 8.29. The molecule has 0 aromatic carbocycles. The molecule has 8 nitrogen and oxygen atoms in total. The van der Waals surface area contributed by atoms with Crippen LogP contribution in [-0.2, 0) is 28.2 Å². The molecular formula is C40H69O8P. The van der Waals surface area contributed by atoms with Crippen molar-refractivity contribution in [2.24, 2.45) is 0 Å². The van der Waals surface area contributed by atoms with E-state index in [0.717, 1.165) is 38.5 Å². The summed E-state index contributed by atoms with van der Waals surface area (Å²) in [5, 5.41) is 0. The number of phosphoric ester groups is 1. The summed E-state index contributed by atoms with van der Waals surface area (Å²) in [6.07, 6.45) is 43.8. The number of esters is 2.